The summed E-state index contributed by atoms with van der Waals surface area (Å²) >= 11 is 13.3. The number of nitrogens with one attached hydrogen (secondary N) is 1. The third-order valence-electron chi connectivity index (χ3n) is 2.87. The molecule has 0 bridgehead atoms. The number of carbonyl (C=O) groups is 2. The Morgan fingerprint density at radius 3 is 2.33 bits per heavy atom. The number of thioether (sulfide) groups is 1. The van der Waals surface area contributed by atoms with E-state index in [0.29, 0.717) is 15.6 Å². The standard InChI is InChI=1S/C14H17Cl2NO3S/c1-8(21-2)3-13(18)17-12(14(19)20)6-9-4-10(15)7-11(16)5-9/h4-5,7-8,12H,3,6H2,1-2H3,(H,17,18)(H,19,20). The van der Waals surface area contributed by atoms with Gasteiger partial charge in [-0.15, -0.1) is 0 Å². The van der Waals surface area contributed by atoms with Gasteiger partial charge in [-0.2, -0.15) is 11.8 Å². The molecule has 1 aromatic carbocycles. The van der Waals surface area contributed by atoms with Gasteiger partial charge >= 0.3 is 5.97 Å². The number of benzene rings is 1. The summed E-state index contributed by atoms with van der Waals surface area (Å²) in [6.45, 7) is 1.91. The Kier molecular flexibility index (Phi) is 7.35. The lowest BCUT2D eigenvalue weighted by Crippen LogP contribution is -2.42. The lowest BCUT2D eigenvalue weighted by atomic mass is 10.1. The molecule has 4 nitrogen and oxygen atoms in total. The summed E-state index contributed by atoms with van der Waals surface area (Å²) < 4.78 is 0. The van der Waals surface area contributed by atoms with Crippen LogP contribution in [0.4, 0.5) is 0 Å². The molecule has 0 saturated carbocycles. The van der Waals surface area contributed by atoms with Crippen LogP contribution in [-0.2, 0) is 16.0 Å². The Morgan fingerprint density at radius 1 is 1.29 bits per heavy atom. The topological polar surface area (TPSA) is 66.4 Å². The van der Waals surface area contributed by atoms with E-state index < -0.39 is 12.0 Å². The molecule has 7 heteroatoms. The maximum atomic E-state index is 11.8. The number of amides is 1. The fourth-order valence-electron chi connectivity index (χ4n) is 1.76. The van der Waals surface area contributed by atoms with Gasteiger partial charge in [-0.25, -0.2) is 4.79 Å². The van der Waals surface area contributed by atoms with E-state index in [-0.39, 0.29) is 24.0 Å². The number of aliphatic carboxylic acids is 1. The maximum Gasteiger partial charge on any atom is 0.326 e. The largest absolute Gasteiger partial charge is 0.480 e. The highest BCUT2D eigenvalue weighted by atomic mass is 35.5. The first-order valence-corrected chi connectivity index (χ1v) is 8.36. The third kappa shape index (κ3) is 6.59. The van der Waals surface area contributed by atoms with Crippen molar-refractivity contribution in [3.63, 3.8) is 0 Å². The van der Waals surface area contributed by atoms with Gasteiger partial charge in [0.05, 0.1) is 0 Å². The van der Waals surface area contributed by atoms with Crippen molar-refractivity contribution in [2.45, 2.75) is 31.1 Å². The Bertz CT molecular complexity index is 505. The highest BCUT2D eigenvalue weighted by Crippen LogP contribution is 2.20. The van der Waals surface area contributed by atoms with Crippen LogP contribution in [0.1, 0.15) is 18.9 Å². The molecule has 1 rings (SSSR count). The molecule has 0 aliphatic heterocycles. The van der Waals surface area contributed by atoms with Gasteiger partial charge in [0.2, 0.25) is 5.91 Å². The van der Waals surface area contributed by atoms with Gasteiger partial charge in [0.1, 0.15) is 6.04 Å². The summed E-state index contributed by atoms with van der Waals surface area (Å²) in [5.41, 5.74) is 0.665. The molecule has 0 aromatic heterocycles. The first-order valence-electron chi connectivity index (χ1n) is 6.31. The van der Waals surface area contributed by atoms with E-state index in [1.165, 1.54) is 0 Å². The predicted molar refractivity (Wildman–Crippen MR) is 87.3 cm³/mol. The second-order valence-electron chi connectivity index (χ2n) is 4.69. The quantitative estimate of drug-likeness (QED) is 0.792. The number of rotatable bonds is 7. The van der Waals surface area contributed by atoms with Crippen LogP contribution >= 0.6 is 35.0 Å². The van der Waals surface area contributed by atoms with E-state index in [0.717, 1.165) is 0 Å². The average molecular weight is 350 g/mol. The summed E-state index contributed by atoms with van der Waals surface area (Å²) in [5.74, 6) is -1.37. The summed E-state index contributed by atoms with van der Waals surface area (Å²) in [4.78, 5) is 23.1. The first-order chi connectivity index (χ1) is 9.81. The Balaban J connectivity index is 2.74. The lowest BCUT2D eigenvalue weighted by molar-refractivity contribution is -0.141. The zero-order chi connectivity index (χ0) is 16.0. The van der Waals surface area contributed by atoms with Crippen LogP contribution in [0.25, 0.3) is 0 Å². The van der Waals surface area contributed by atoms with Gasteiger partial charge < -0.3 is 10.4 Å². The molecular formula is C14H17Cl2NO3S. The van der Waals surface area contributed by atoms with E-state index in [1.807, 2.05) is 13.2 Å². The van der Waals surface area contributed by atoms with Crippen LogP contribution in [0.5, 0.6) is 0 Å². The number of hydrogen-bond acceptors (Lipinski definition) is 3. The van der Waals surface area contributed by atoms with Crippen molar-refractivity contribution in [3.05, 3.63) is 33.8 Å². The van der Waals surface area contributed by atoms with Crippen LogP contribution in [-0.4, -0.2) is 34.5 Å². The van der Waals surface area contributed by atoms with Gasteiger partial charge in [-0.1, -0.05) is 30.1 Å². The second-order valence-corrected chi connectivity index (χ2v) is 6.84. The minimum atomic E-state index is -1.09. The molecule has 2 atom stereocenters. The second kappa shape index (κ2) is 8.51. The minimum Gasteiger partial charge on any atom is -0.480 e. The van der Waals surface area contributed by atoms with E-state index in [2.05, 4.69) is 5.32 Å². The molecule has 1 amide bonds. The summed E-state index contributed by atoms with van der Waals surface area (Å²) in [7, 11) is 0. The van der Waals surface area contributed by atoms with Crippen molar-refractivity contribution < 1.29 is 14.7 Å². The zero-order valence-electron chi connectivity index (χ0n) is 11.7. The van der Waals surface area contributed by atoms with Crippen molar-refractivity contribution in [2.75, 3.05) is 6.26 Å². The summed E-state index contributed by atoms with van der Waals surface area (Å²) in [6.07, 6.45) is 2.32. The monoisotopic (exact) mass is 349 g/mol. The highest BCUT2D eigenvalue weighted by Gasteiger charge is 2.21. The van der Waals surface area contributed by atoms with Crippen molar-refractivity contribution in [2.24, 2.45) is 0 Å². The Morgan fingerprint density at radius 2 is 1.86 bits per heavy atom. The first kappa shape index (κ1) is 18.1. The SMILES string of the molecule is CSC(C)CC(=O)NC(Cc1cc(Cl)cc(Cl)c1)C(=O)O. The molecule has 2 N–H and O–H groups in total. The van der Waals surface area contributed by atoms with E-state index in [1.54, 1.807) is 30.0 Å². The number of halogens is 2. The van der Waals surface area contributed by atoms with E-state index in [9.17, 15) is 14.7 Å². The molecule has 2 unspecified atom stereocenters. The molecule has 116 valence electrons. The number of carbonyl (C=O) groups excluding carboxylic acids is 1. The van der Waals surface area contributed by atoms with E-state index in [4.69, 9.17) is 23.2 Å². The fourth-order valence-corrected chi connectivity index (χ4v) is 2.65. The molecule has 21 heavy (non-hydrogen) atoms. The van der Waals surface area contributed by atoms with Crippen molar-refractivity contribution in [1.29, 1.82) is 0 Å². The van der Waals surface area contributed by atoms with Gasteiger partial charge in [0, 0.05) is 28.1 Å². The van der Waals surface area contributed by atoms with Crippen LogP contribution in [0, 0.1) is 0 Å². The highest BCUT2D eigenvalue weighted by molar-refractivity contribution is 7.99. The molecule has 0 aliphatic rings. The molecule has 0 aliphatic carbocycles. The van der Waals surface area contributed by atoms with Crippen LogP contribution < -0.4 is 5.32 Å². The molecule has 0 fully saturated rings. The molecule has 0 spiro atoms. The minimum absolute atomic E-state index is 0.134. The predicted octanol–water partition coefficient (Wildman–Crippen LogP) is 3.25. The number of carboxylic acid groups (broad SMARTS) is 1. The fraction of sp³-hybridized carbons (Fsp3) is 0.429. The van der Waals surface area contributed by atoms with Gasteiger partial charge in [0.25, 0.3) is 0 Å². The van der Waals surface area contributed by atoms with Crippen molar-refractivity contribution in [3.8, 4) is 0 Å². The molecule has 0 radical (unpaired) electrons. The molecule has 0 heterocycles. The number of hydrogen-bond donors (Lipinski definition) is 2. The zero-order valence-corrected chi connectivity index (χ0v) is 14.1. The Labute approximate surface area is 138 Å². The van der Waals surface area contributed by atoms with Gasteiger partial charge in [-0.05, 0) is 30.0 Å². The maximum absolute atomic E-state index is 11.8. The molecule has 0 saturated heterocycles. The van der Waals surface area contributed by atoms with Crippen LogP contribution in [0.2, 0.25) is 10.0 Å². The third-order valence-corrected chi connectivity index (χ3v) is 4.28. The van der Waals surface area contributed by atoms with Crippen LogP contribution in [0.3, 0.4) is 0 Å². The molecular weight excluding hydrogens is 333 g/mol. The van der Waals surface area contributed by atoms with Gasteiger partial charge in [0.15, 0.2) is 0 Å². The smallest absolute Gasteiger partial charge is 0.326 e. The lowest BCUT2D eigenvalue weighted by Gasteiger charge is -2.16. The van der Waals surface area contributed by atoms with Crippen molar-refractivity contribution in [1.82, 2.24) is 5.32 Å². The van der Waals surface area contributed by atoms with Gasteiger partial charge in [-0.3, -0.25) is 4.79 Å². The Hall–Kier alpha value is -0.910. The summed E-state index contributed by atoms with van der Waals surface area (Å²) in [5, 5.41) is 12.8. The van der Waals surface area contributed by atoms with Crippen LogP contribution in [0.15, 0.2) is 18.2 Å². The summed E-state index contributed by atoms with van der Waals surface area (Å²) in [6, 6.07) is 3.85. The van der Waals surface area contributed by atoms with Crippen molar-refractivity contribution >= 4 is 46.8 Å². The normalized spacial score (nSPS) is 13.5. The number of carboxylic acids is 1. The van der Waals surface area contributed by atoms with E-state index >= 15 is 0 Å². The average Bonchev–Trinajstić information content (AvgIpc) is 2.36. The molecule has 1 aromatic rings.